The molecule has 3 rings (SSSR count). The Labute approximate surface area is 196 Å². The van der Waals surface area contributed by atoms with Crippen LogP contribution in [0.5, 0.6) is 0 Å². The summed E-state index contributed by atoms with van der Waals surface area (Å²) in [6.45, 7) is 9.73. The van der Waals surface area contributed by atoms with E-state index in [1.54, 1.807) is 12.4 Å². The summed E-state index contributed by atoms with van der Waals surface area (Å²) in [6, 6.07) is 11.3. The molecule has 2 atom stereocenters. The van der Waals surface area contributed by atoms with Crippen LogP contribution < -0.4 is 5.32 Å². The van der Waals surface area contributed by atoms with Crippen molar-refractivity contribution in [1.29, 1.82) is 0 Å². The van der Waals surface area contributed by atoms with Gasteiger partial charge in [0.2, 0.25) is 11.8 Å². The minimum Gasteiger partial charge on any atom is -0.344 e. The molecule has 2 aromatic rings. The quantitative estimate of drug-likeness (QED) is 0.649. The highest BCUT2D eigenvalue weighted by Gasteiger charge is 2.40. The number of piperidine rings is 1. The third kappa shape index (κ3) is 6.10. The summed E-state index contributed by atoms with van der Waals surface area (Å²) < 4.78 is 0. The number of nitrogens with zero attached hydrogens (tertiary/aromatic N) is 2. The first kappa shape index (κ1) is 24.2. The van der Waals surface area contributed by atoms with Crippen LogP contribution in [-0.2, 0) is 16.0 Å². The van der Waals surface area contributed by atoms with Crippen LogP contribution in [-0.4, -0.2) is 40.8 Å². The molecule has 1 saturated heterocycles. The molecule has 32 heavy (non-hydrogen) atoms. The number of hydrogen-bond donors (Lipinski definition) is 1. The van der Waals surface area contributed by atoms with Crippen LogP contribution in [0.4, 0.5) is 0 Å². The molecule has 2 heterocycles. The lowest BCUT2D eigenvalue weighted by atomic mass is 9.70. The highest BCUT2D eigenvalue weighted by Crippen LogP contribution is 2.42. The molecule has 0 aliphatic carbocycles. The second-order valence-corrected chi connectivity index (χ2v) is 10.2. The molecule has 1 aromatic carbocycles. The van der Waals surface area contributed by atoms with E-state index >= 15 is 0 Å². The summed E-state index contributed by atoms with van der Waals surface area (Å²) in [5.74, 6) is 0.283. The zero-order valence-electron chi connectivity index (χ0n) is 19.5. The number of aryl methyl sites for hydroxylation is 1. The molecular weight excluding hydrogens is 422 g/mol. The van der Waals surface area contributed by atoms with Gasteiger partial charge in [0.15, 0.2) is 0 Å². The largest absolute Gasteiger partial charge is 0.344 e. The van der Waals surface area contributed by atoms with E-state index in [0.29, 0.717) is 31.8 Å². The average molecular weight is 456 g/mol. The molecule has 0 bridgehead atoms. The lowest BCUT2D eigenvalue weighted by molar-refractivity contribution is -0.140. The van der Waals surface area contributed by atoms with E-state index in [9.17, 15) is 9.59 Å². The maximum absolute atomic E-state index is 13.4. The predicted molar refractivity (Wildman–Crippen MR) is 128 cm³/mol. The fourth-order valence-electron chi connectivity index (χ4n) is 4.62. The smallest absolute Gasteiger partial charge is 0.245 e. The van der Waals surface area contributed by atoms with Gasteiger partial charge in [-0.2, -0.15) is 0 Å². The Kier molecular flexibility index (Phi) is 7.94. The van der Waals surface area contributed by atoms with Gasteiger partial charge in [-0.05, 0) is 59.4 Å². The topological polar surface area (TPSA) is 62.3 Å². The Balaban J connectivity index is 1.62. The molecule has 0 radical (unpaired) electrons. The maximum atomic E-state index is 13.4. The van der Waals surface area contributed by atoms with E-state index < -0.39 is 6.04 Å². The number of rotatable bonds is 7. The lowest BCUT2D eigenvalue weighted by Gasteiger charge is -2.45. The monoisotopic (exact) mass is 455 g/mol. The van der Waals surface area contributed by atoms with Gasteiger partial charge < -0.3 is 10.2 Å². The van der Waals surface area contributed by atoms with Crippen LogP contribution in [0.2, 0.25) is 5.02 Å². The van der Waals surface area contributed by atoms with Crippen molar-refractivity contribution in [3.8, 4) is 0 Å². The van der Waals surface area contributed by atoms with Gasteiger partial charge in [0, 0.05) is 36.9 Å². The van der Waals surface area contributed by atoms with Crippen molar-refractivity contribution in [3.63, 3.8) is 0 Å². The van der Waals surface area contributed by atoms with Crippen LogP contribution in [0.3, 0.4) is 0 Å². The minimum absolute atomic E-state index is 0.0114. The molecule has 172 valence electrons. The van der Waals surface area contributed by atoms with Gasteiger partial charge in [0.25, 0.3) is 0 Å². The lowest BCUT2D eigenvalue weighted by Crippen LogP contribution is -2.55. The van der Waals surface area contributed by atoms with Gasteiger partial charge in [-0.3, -0.25) is 14.6 Å². The molecule has 5 nitrogen and oxygen atoms in total. The molecule has 1 aliphatic rings. The van der Waals surface area contributed by atoms with E-state index in [1.165, 1.54) is 5.56 Å². The molecule has 1 fully saturated rings. The Morgan fingerprint density at radius 1 is 1.22 bits per heavy atom. The third-order valence-corrected chi connectivity index (χ3v) is 6.68. The van der Waals surface area contributed by atoms with E-state index in [2.05, 4.69) is 36.3 Å². The normalized spacial score (nSPS) is 18.9. The number of pyridine rings is 1. The summed E-state index contributed by atoms with van der Waals surface area (Å²) in [6.07, 6.45) is 5.32. The molecule has 0 saturated carbocycles. The minimum atomic E-state index is -0.515. The van der Waals surface area contributed by atoms with Gasteiger partial charge in [0.05, 0.1) is 0 Å². The Morgan fingerprint density at radius 3 is 2.53 bits per heavy atom. The predicted octanol–water partition coefficient (Wildman–Crippen LogP) is 4.85. The van der Waals surface area contributed by atoms with E-state index in [0.717, 1.165) is 17.0 Å². The molecule has 1 aliphatic heterocycles. The summed E-state index contributed by atoms with van der Waals surface area (Å²) in [7, 11) is 0. The van der Waals surface area contributed by atoms with Gasteiger partial charge in [0.1, 0.15) is 6.04 Å². The number of halogens is 1. The number of aromatic nitrogens is 1. The number of nitrogens with one attached hydrogen (secondary N) is 1. The molecule has 1 N–H and O–H groups in total. The van der Waals surface area contributed by atoms with Crippen molar-refractivity contribution in [2.24, 2.45) is 11.3 Å². The third-order valence-electron chi connectivity index (χ3n) is 6.43. The van der Waals surface area contributed by atoms with Crippen LogP contribution in [0.15, 0.2) is 48.8 Å². The highest BCUT2D eigenvalue weighted by molar-refractivity contribution is 6.30. The number of benzene rings is 1. The van der Waals surface area contributed by atoms with Gasteiger partial charge >= 0.3 is 0 Å². The van der Waals surface area contributed by atoms with E-state index in [1.807, 2.05) is 43.0 Å². The first-order valence-corrected chi connectivity index (χ1v) is 11.8. The first-order valence-electron chi connectivity index (χ1n) is 11.4. The molecule has 0 unspecified atom stereocenters. The summed E-state index contributed by atoms with van der Waals surface area (Å²) in [5, 5.41) is 3.73. The maximum Gasteiger partial charge on any atom is 0.245 e. The van der Waals surface area contributed by atoms with Crippen molar-refractivity contribution < 1.29 is 9.59 Å². The molecular formula is C26H34ClN3O2. The number of amides is 2. The number of carbonyl (C=O) groups excluding carboxylic acids is 2. The molecule has 1 aromatic heterocycles. The van der Waals surface area contributed by atoms with Gasteiger partial charge in [-0.1, -0.05) is 57.5 Å². The zero-order valence-corrected chi connectivity index (χ0v) is 20.2. The zero-order chi connectivity index (χ0) is 23.3. The standard InChI is InChI=1S/C26H34ClN3O2/c1-18(2)24(29-23(31)12-7-19-6-5-14-28-16-19)25(32)30-15-13-22(26(3,4)17-30)20-8-10-21(27)11-9-20/h5-6,8-11,14,16,18,22,24H,7,12-13,15,17H2,1-4H3,(H,29,31)/t22-,24-/m1/s1. The number of hydrogen-bond acceptors (Lipinski definition) is 3. The second-order valence-electron chi connectivity index (χ2n) is 9.79. The van der Waals surface area contributed by atoms with Crippen molar-refractivity contribution >= 4 is 23.4 Å². The van der Waals surface area contributed by atoms with E-state index in [-0.39, 0.29) is 23.1 Å². The summed E-state index contributed by atoms with van der Waals surface area (Å²) in [4.78, 5) is 32.0. The van der Waals surface area contributed by atoms with E-state index in [4.69, 9.17) is 11.6 Å². The average Bonchev–Trinajstić information content (AvgIpc) is 2.76. The second kappa shape index (κ2) is 10.5. The van der Waals surface area contributed by atoms with Gasteiger partial charge in [-0.15, -0.1) is 0 Å². The van der Waals surface area contributed by atoms with Crippen molar-refractivity contribution in [1.82, 2.24) is 15.2 Å². The SMILES string of the molecule is CC(C)[C@@H](NC(=O)CCc1cccnc1)C(=O)N1CC[C@H](c2ccc(Cl)cc2)C(C)(C)C1. The van der Waals surface area contributed by atoms with Gasteiger partial charge in [-0.25, -0.2) is 0 Å². The number of likely N-dealkylation sites (tertiary alicyclic amines) is 1. The van der Waals surface area contributed by atoms with Crippen molar-refractivity contribution in [3.05, 3.63) is 64.9 Å². The Morgan fingerprint density at radius 2 is 1.94 bits per heavy atom. The fraction of sp³-hybridized carbons (Fsp3) is 0.500. The number of carbonyl (C=O) groups is 2. The first-order chi connectivity index (χ1) is 15.2. The van der Waals surface area contributed by atoms with Crippen molar-refractivity contribution in [2.45, 2.75) is 58.9 Å². The molecule has 0 spiro atoms. The fourth-order valence-corrected chi connectivity index (χ4v) is 4.74. The molecule has 2 amide bonds. The molecule has 6 heteroatoms. The van der Waals surface area contributed by atoms with Crippen LogP contribution in [0.1, 0.15) is 57.6 Å². The Bertz CT molecular complexity index is 912. The van der Waals surface area contributed by atoms with Crippen LogP contribution in [0, 0.1) is 11.3 Å². The Hall–Kier alpha value is -2.40. The van der Waals surface area contributed by atoms with Crippen LogP contribution in [0.25, 0.3) is 0 Å². The highest BCUT2D eigenvalue weighted by atomic mass is 35.5. The van der Waals surface area contributed by atoms with Crippen LogP contribution >= 0.6 is 11.6 Å². The summed E-state index contributed by atoms with van der Waals surface area (Å²) in [5.41, 5.74) is 2.20. The van der Waals surface area contributed by atoms with Crippen molar-refractivity contribution in [2.75, 3.05) is 13.1 Å². The summed E-state index contributed by atoms with van der Waals surface area (Å²) >= 11 is 6.06.